The number of sulfonamides is 2. The Morgan fingerprint density at radius 1 is 0.679 bits per heavy atom. The van der Waals surface area contributed by atoms with Crippen molar-refractivity contribution in [2.24, 2.45) is 0 Å². The van der Waals surface area contributed by atoms with Crippen LogP contribution in [0.5, 0.6) is 0 Å². The molecule has 0 N–H and O–H groups in total. The topological polar surface area (TPSA) is 74.8 Å². The van der Waals surface area contributed by atoms with Crippen molar-refractivity contribution in [2.75, 3.05) is 26.2 Å². The molecule has 0 heterocycles. The fourth-order valence-electron chi connectivity index (χ4n) is 2.58. The van der Waals surface area contributed by atoms with Gasteiger partial charge < -0.3 is 4.90 Å². The number of rotatable bonds is 9. The van der Waals surface area contributed by atoms with Crippen LogP contribution < -0.4 is 0 Å². The molecule has 0 spiro atoms. The largest absolute Gasteiger partial charge is 0.303 e. The molecular weight excluding hydrogens is 443 g/mol. The van der Waals surface area contributed by atoms with E-state index < -0.39 is 20.0 Å². The van der Waals surface area contributed by atoms with Crippen molar-refractivity contribution in [1.82, 2.24) is 8.61 Å². The van der Waals surface area contributed by atoms with E-state index in [0.717, 1.165) is 0 Å². The minimum absolute atomic E-state index is 0.144. The fourth-order valence-corrected chi connectivity index (χ4v) is 6.46. The summed E-state index contributed by atoms with van der Waals surface area (Å²) in [6.45, 7) is 5.26. The van der Waals surface area contributed by atoms with Crippen molar-refractivity contribution in [3.63, 3.8) is 0 Å². The van der Waals surface area contributed by atoms with Gasteiger partial charge in [-0.15, -0.1) is 0 Å². The lowest BCUT2D eigenvalue weighted by Gasteiger charge is -2.25. The molecule has 28 heavy (non-hydrogen) atoms. The minimum Gasteiger partial charge on any atom is -0.303 e. The van der Waals surface area contributed by atoms with E-state index in [2.05, 4.69) is 0 Å². The van der Waals surface area contributed by atoms with E-state index in [1.165, 1.54) is 48.5 Å². The normalized spacial score (nSPS) is 12.6. The summed E-state index contributed by atoms with van der Waals surface area (Å²) in [7, 11) is -8.64. The smallest absolute Gasteiger partial charge is 0.256 e. The first kappa shape index (κ1) is 23.1. The summed E-state index contributed by atoms with van der Waals surface area (Å²) in [5, 5.41) is 0.711. The maximum atomic E-state index is 13.2. The van der Waals surface area contributed by atoms with Crippen molar-refractivity contribution >= 4 is 43.2 Å². The van der Waals surface area contributed by atoms with Gasteiger partial charge in [0, 0.05) is 23.1 Å². The maximum absolute atomic E-state index is 13.2. The van der Waals surface area contributed by atoms with Gasteiger partial charge in [0.2, 0.25) is 0 Å². The molecule has 2 aromatic carbocycles. The molecule has 0 unspecified atom stereocenters. The van der Waals surface area contributed by atoms with Crippen LogP contribution in [-0.4, -0.2) is 51.6 Å². The Labute approximate surface area is 176 Å². The number of halogens is 2. The zero-order valence-electron chi connectivity index (χ0n) is 15.5. The number of hydrogen-bond donors (Lipinski definition) is 0. The highest BCUT2D eigenvalue weighted by atomic mass is 35.5. The Balaban J connectivity index is 2.52. The van der Waals surface area contributed by atoms with E-state index >= 15 is 0 Å². The summed E-state index contributed by atoms with van der Waals surface area (Å²) in [4.78, 5) is 1.66. The van der Waals surface area contributed by atoms with Gasteiger partial charge in [-0.2, -0.15) is 0 Å². The van der Waals surface area contributed by atoms with Gasteiger partial charge in [0.1, 0.15) is 0 Å². The highest BCUT2D eigenvalue weighted by molar-refractivity contribution is 8.04. The molecule has 0 fully saturated rings. The van der Waals surface area contributed by atoms with Crippen LogP contribution in [0.25, 0.3) is 0 Å². The van der Waals surface area contributed by atoms with Crippen LogP contribution in [0.4, 0.5) is 0 Å². The first-order valence-corrected chi connectivity index (χ1v) is 12.3. The van der Waals surface area contributed by atoms with Crippen LogP contribution in [0, 0.1) is 0 Å². The molecule has 0 aromatic heterocycles. The molecule has 0 saturated heterocycles. The zero-order valence-corrected chi connectivity index (χ0v) is 18.7. The van der Waals surface area contributed by atoms with Crippen molar-refractivity contribution in [3.8, 4) is 0 Å². The second-order valence-corrected chi connectivity index (χ2v) is 10.8. The average molecular weight is 465 g/mol. The van der Waals surface area contributed by atoms with Gasteiger partial charge >= 0.3 is 0 Å². The lowest BCUT2D eigenvalue weighted by atomic mass is 10.4. The Kier molecular flexibility index (Phi) is 7.89. The summed E-state index contributed by atoms with van der Waals surface area (Å²) >= 11 is 11.7. The molecule has 0 atom stereocenters. The van der Waals surface area contributed by atoms with Gasteiger partial charge in [0.05, 0.1) is 9.79 Å². The van der Waals surface area contributed by atoms with E-state index in [-0.39, 0.29) is 22.9 Å². The highest BCUT2D eigenvalue weighted by Crippen LogP contribution is 2.26. The van der Waals surface area contributed by atoms with E-state index in [4.69, 9.17) is 23.2 Å². The standard InChI is InChI=1S/C18H22Cl2N2O4S2/c1-3-21(4-2)13-14-22(27(23,24)17-9-5-15(19)6-10-17)28(25,26)18-11-7-16(20)8-12-18/h5-12H,3-4,13-14H2,1-2H3. The van der Waals surface area contributed by atoms with Crippen LogP contribution >= 0.6 is 23.2 Å². The number of benzene rings is 2. The SMILES string of the molecule is CCN(CC)CCN(S(=O)(=O)c1ccc(Cl)cc1)S(=O)(=O)c1ccc(Cl)cc1. The van der Waals surface area contributed by atoms with E-state index in [1.807, 2.05) is 18.7 Å². The van der Waals surface area contributed by atoms with Crippen molar-refractivity contribution in [3.05, 3.63) is 58.6 Å². The van der Waals surface area contributed by atoms with Crippen molar-refractivity contribution in [1.29, 1.82) is 0 Å². The number of likely N-dealkylation sites (N-methyl/N-ethyl adjacent to an activating group) is 1. The quantitative estimate of drug-likeness (QED) is 0.565. The van der Waals surface area contributed by atoms with Gasteiger partial charge in [-0.3, -0.25) is 0 Å². The molecule has 6 nitrogen and oxygen atoms in total. The Morgan fingerprint density at radius 3 is 1.36 bits per heavy atom. The molecule has 0 amide bonds. The first-order chi connectivity index (χ1) is 13.1. The van der Waals surface area contributed by atoms with Gasteiger partial charge in [0.25, 0.3) is 20.0 Å². The molecule has 0 saturated carbocycles. The third-order valence-electron chi connectivity index (χ3n) is 4.25. The first-order valence-electron chi connectivity index (χ1n) is 8.64. The van der Waals surface area contributed by atoms with Crippen LogP contribution in [-0.2, 0) is 20.0 Å². The Morgan fingerprint density at radius 2 is 1.04 bits per heavy atom. The minimum atomic E-state index is -4.32. The average Bonchev–Trinajstić information content (AvgIpc) is 2.65. The third-order valence-corrected chi connectivity index (χ3v) is 9.11. The second kappa shape index (κ2) is 9.56. The predicted molar refractivity (Wildman–Crippen MR) is 112 cm³/mol. The summed E-state index contributed by atoms with van der Waals surface area (Å²) < 4.78 is 53.3. The van der Waals surface area contributed by atoms with Crippen LogP contribution in [0.15, 0.2) is 58.3 Å². The summed E-state index contributed by atoms with van der Waals surface area (Å²) in [5.74, 6) is 0. The van der Waals surface area contributed by atoms with Crippen LogP contribution in [0.3, 0.4) is 0 Å². The van der Waals surface area contributed by atoms with Crippen molar-refractivity contribution in [2.45, 2.75) is 23.6 Å². The van der Waals surface area contributed by atoms with E-state index in [1.54, 1.807) is 0 Å². The predicted octanol–water partition coefficient (Wildman–Crippen LogP) is 3.71. The molecular formula is C18H22Cl2N2O4S2. The Hall–Kier alpha value is -1.16. The molecule has 154 valence electrons. The van der Waals surface area contributed by atoms with Gasteiger partial charge in [0.15, 0.2) is 0 Å². The fraction of sp³-hybridized carbons (Fsp3) is 0.333. The van der Waals surface area contributed by atoms with Crippen molar-refractivity contribution < 1.29 is 16.8 Å². The molecule has 0 aliphatic rings. The summed E-state index contributed by atoms with van der Waals surface area (Å²) in [6.07, 6.45) is 0. The lowest BCUT2D eigenvalue weighted by molar-refractivity contribution is 0.294. The van der Waals surface area contributed by atoms with Gasteiger partial charge in [-0.05, 0) is 61.6 Å². The Bertz CT molecular complexity index is 913. The van der Waals surface area contributed by atoms with Crippen LogP contribution in [0.1, 0.15) is 13.8 Å². The second-order valence-electron chi connectivity index (χ2n) is 5.94. The zero-order chi connectivity index (χ0) is 20.9. The summed E-state index contributed by atoms with van der Waals surface area (Å²) in [6, 6.07) is 10.8. The van der Waals surface area contributed by atoms with Crippen LogP contribution in [0.2, 0.25) is 10.0 Å². The molecule has 0 aliphatic heterocycles. The molecule has 0 radical (unpaired) electrons. The lowest BCUT2D eigenvalue weighted by Crippen LogP contribution is -2.42. The molecule has 10 heteroatoms. The molecule has 2 rings (SSSR count). The van der Waals surface area contributed by atoms with E-state index in [9.17, 15) is 16.8 Å². The monoisotopic (exact) mass is 464 g/mol. The highest BCUT2D eigenvalue weighted by Gasteiger charge is 2.36. The molecule has 2 aromatic rings. The number of nitrogens with zero attached hydrogens (tertiary/aromatic N) is 2. The molecule has 0 aliphatic carbocycles. The summed E-state index contributed by atoms with van der Waals surface area (Å²) in [5.41, 5.74) is 0. The maximum Gasteiger partial charge on any atom is 0.256 e. The third kappa shape index (κ3) is 5.25. The van der Waals surface area contributed by atoms with Gasteiger partial charge in [-0.1, -0.05) is 40.8 Å². The number of hydrogen-bond acceptors (Lipinski definition) is 5. The molecule has 0 bridgehead atoms. The van der Waals surface area contributed by atoms with E-state index in [0.29, 0.717) is 26.8 Å². The van der Waals surface area contributed by atoms with Gasteiger partial charge in [-0.25, -0.2) is 16.8 Å².